The van der Waals surface area contributed by atoms with Crippen LogP contribution in [0.15, 0.2) is 37.1 Å². The van der Waals surface area contributed by atoms with Gasteiger partial charge in [-0.2, -0.15) is 10.2 Å². The van der Waals surface area contributed by atoms with Crippen LogP contribution in [-0.2, 0) is 0 Å². The van der Waals surface area contributed by atoms with Crippen molar-refractivity contribution >= 4 is 11.6 Å². The normalized spacial score (nSPS) is 13.8. The van der Waals surface area contributed by atoms with Gasteiger partial charge in [-0.25, -0.2) is 4.98 Å². The van der Waals surface area contributed by atoms with E-state index in [1.807, 2.05) is 21.8 Å². The number of hydrogen-bond acceptors (Lipinski definition) is 3. The van der Waals surface area contributed by atoms with E-state index in [-0.39, 0.29) is 0 Å². The summed E-state index contributed by atoms with van der Waals surface area (Å²) in [5.41, 5.74) is 3.67. The third-order valence-corrected chi connectivity index (χ3v) is 4.38. The molecule has 3 aromatic heterocycles. The van der Waals surface area contributed by atoms with Crippen molar-refractivity contribution in [1.29, 1.82) is 0 Å². The zero-order valence-electron chi connectivity index (χ0n) is 14.1. The van der Waals surface area contributed by atoms with Crippen LogP contribution in [0, 0.1) is 11.8 Å². The Balaban J connectivity index is 1.68. The Morgan fingerprint density at radius 3 is 2.68 bits per heavy atom. The predicted octanol–water partition coefficient (Wildman–Crippen LogP) is 4.11. The van der Waals surface area contributed by atoms with Gasteiger partial charge in [-0.05, 0) is 32.8 Å². The first-order chi connectivity index (χ1) is 12.1. The molecule has 0 atom stereocenters. The standard InChI is InChI=1S/C19H18ClN5/c1-13(2)24-11-14(8-22-24)3-4-15-7-19(20)21-10-18(15)16-9-23-25(12-16)17-5-6-17/h7-13,17H,5-6H2,1-2H3. The number of hydrogen-bond donors (Lipinski definition) is 0. The number of rotatable bonds is 3. The largest absolute Gasteiger partial charge is 0.269 e. The molecule has 0 aromatic carbocycles. The van der Waals surface area contributed by atoms with E-state index in [4.69, 9.17) is 11.6 Å². The molecule has 0 aliphatic heterocycles. The molecule has 0 saturated heterocycles. The van der Waals surface area contributed by atoms with Crippen LogP contribution in [0.2, 0.25) is 5.15 Å². The summed E-state index contributed by atoms with van der Waals surface area (Å²) in [5.74, 6) is 6.38. The molecule has 0 spiro atoms. The third-order valence-electron chi connectivity index (χ3n) is 4.18. The zero-order chi connectivity index (χ0) is 17.4. The summed E-state index contributed by atoms with van der Waals surface area (Å²) in [7, 11) is 0. The van der Waals surface area contributed by atoms with E-state index in [1.54, 1.807) is 18.5 Å². The second kappa shape index (κ2) is 6.38. The van der Waals surface area contributed by atoms with Crippen molar-refractivity contribution < 1.29 is 0 Å². The molecule has 1 saturated carbocycles. The monoisotopic (exact) mass is 351 g/mol. The Hall–Kier alpha value is -2.58. The lowest BCUT2D eigenvalue weighted by atomic mass is 10.1. The molecule has 6 heteroatoms. The molecule has 1 aliphatic carbocycles. The summed E-state index contributed by atoms with van der Waals surface area (Å²) < 4.78 is 3.91. The second-order valence-corrected chi connectivity index (χ2v) is 6.93. The Morgan fingerprint density at radius 2 is 1.96 bits per heavy atom. The van der Waals surface area contributed by atoms with Gasteiger partial charge in [-0.1, -0.05) is 23.4 Å². The van der Waals surface area contributed by atoms with E-state index < -0.39 is 0 Å². The molecule has 0 unspecified atom stereocenters. The van der Waals surface area contributed by atoms with Gasteiger partial charge in [0.1, 0.15) is 5.15 Å². The lowest BCUT2D eigenvalue weighted by molar-refractivity contribution is 0.532. The van der Waals surface area contributed by atoms with Crippen molar-refractivity contribution in [2.24, 2.45) is 0 Å². The van der Waals surface area contributed by atoms with Gasteiger partial charge in [-0.15, -0.1) is 0 Å². The molecular formula is C19H18ClN5. The fourth-order valence-corrected chi connectivity index (χ4v) is 2.76. The van der Waals surface area contributed by atoms with Crippen LogP contribution < -0.4 is 0 Å². The fourth-order valence-electron chi connectivity index (χ4n) is 2.60. The van der Waals surface area contributed by atoms with Crippen molar-refractivity contribution in [3.8, 4) is 23.0 Å². The van der Waals surface area contributed by atoms with Crippen LogP contribution in [0.3, 0.4) is 0 Å². The average molecular weight is 352 g/mol. The van der Waals surface area contributed by atoms with E-state index in [0.717, 1.165) is 22.3 Å². The number of halogens is 1. The van der Waals surface area contributed by atoms with Gasteiger partial charge >= 0.3 is 0 Å². The van der Waals surface area contributed by atoms with Crippen LogP contribution in [0.25, 0.3) is 11.1 Å². The highest BCUT2D eigenvalue weighted by Crippen LogP contribution is 2.35. The van der Waals surface area contributed by atoms with E-state index in [2.05, 4.69) is 47.1 Å². The van der Waals surface area contributed by atoms with Crippen LogP contribution in [-0.4, -0.2) is 24.5 Å². The topological polar surface area (TPSA) is 48.5 Å². The van der Waals surface area contributed by atoms with Crippen molar-refractivity contribution in [1.82, 2.24) is 24.5 Å². The lowest BCUT2D eigenvalue weighted by Gasteiger charge is -2.02. The molecule has 0 bridgehead atoms. The summed E-state index contributed by atoms with van der Waals surface area (Å²) in [6.45, 7) is 4.17. The zero-order valence-corrected chi connectivity index (χ0v) is 14.9. The molecule has 4 rings (SSSR count). The Kier molecular flexibility index (Phi) is 4.06. The van der Waals surface area contributed by atoms with Gasteiger partial charge in [0.05, 0.1) is 24.0 Å². The minimum absolute atomic E-state index is 0.315. The minimum Gasteiger partial charge on any atom is -0.269 e. The van der Waals surface area contributed by atoms with E-state index in [9.17, 15) is 0 Å². The molecule has 0 N–H and O–H groups in total. The quantitative estimate of drug-likeness (QED) is 0.527. The highest BCUT2D eigenvalue weighted by Gasteiger charge is 2.24. The van der Waals surface area contributed by atoms with Crippen molar-refractivity contribution in [2.45, 2.75) is 38.8 Å². The summed E-state index contributed by atoms with van der Waals surface area (Å²) in [6.07, 6.45) is 11.8. The van der Waals surface area contributed by atoms with E-state index >= 15 is 0 Å². The van der Waals surface area contributed by atoms with Crippen molar-refractivity contribution in [2.75, 3.05) is 0 Å². The van der Waals surface area contributed by atoms with Crippen molar-refractivity contribution in [3.63, 3.8) is 0 Å². The van der Waals surface area contributed by atoms with Crippen molar-refractivity contribution in [3.05, 3.63) is 53.3 Å². The summed E-state index contributed by atoms with van der Waals surface area (Å²) in [5, 5.41) is 9.20. The molecule has 25 heavy (non-hydrogen) atoms. The Morgan fingerprint density at radius 1 is 1.12 bits per heavy atom. The molecule has 3 aromatic rings. The van der Waals surface area contributed by atoms with Gasteiger partial charge in [0.15, 0.2) is 0 Å². The maximum Gasteiger partial charge on any atom is 0.130 e. The molecular weight excluding hydrogens is 334 g/mol. The van der Waals surface area contributed by atoms with Gasteiger partial charge in [0.2, 0.25) is 0 Å². The number of pyridine rings is 1. The molecule has 126 valence electrons. The fraction of sp³-hybridized carbons (Fsp3) is 0.316. The van der Waals surface area contributed by atoms with E-state index in [0.29, 0.717) is 17.2 Å². The van der Waals surface area contributed by atoms with E-state index in [1.165, 1.54) is 12.8 Å². The smallest absolute Gasteiger partial charge is 0.130 e. The Labute approximate surface area is 151 Å². The number of nitrogens with zero attached hydrogens (tertiary/aromatic N) is 5. The van der Waals surface area contributed by atoms with Gasteiger partial charge in [-0.3, -0.25) is 9.36 Å². The molecule has 5 nitrogen and oxygen atoms in total. The molecule has 3 heterocycles. The average Bonchev–Trinajstić information content (AvgIpc) is 3.13. The highest BCUT2D eigenvalue weighted by atomic mass is 35.5. The van der Waals surface area contributed by atoms with Crippen LogP contribution in [0.5, 0.6) is 0 Å². The van der Waals surface area contributed by atoms with Crippen LogP contribution in [0.4, 0.5) is 0 Å². The second-order valence-electron chi connectivity index (χ2n) is 6.55. The number of aromatic nitrogens is 5. The highest BCUT2D eigenvalue weighted by molar-refractivity contribution is 6.29. The summed E-state index contributed by atoms with van der Waals surface area (Å²) in [6, 6.07) is 2.66. The first-order valence-electron chi connectivity index (χ1n) is 8.36. The van der Waals surface area contributed by atoms with Crippen LogP contribution in [0.1, 0.15) is 49.9 Å². The summed E-state index contributed by atoms with van der Waals surface area (Å²) >= 11 is 6.08. The predicted molar refractivity (Wildman–Crippen MR) is 97.3 cm³/mol. The first-order valence-corrected chi connectivity index (χ1v) is 8.74. The maximum absolute atomic E-state index is 6.08. The molecule has 0 amide bonds. The minimum atomic E-state index is 0.315. The molecule has 1 aliphatic rings. The molecule has 1 fully saturated rings. The molecule has 0 radical (unpaired) electrons. The Bertz CT molecular complexity index is 969. The third kappa shape index (κ3) is 3.45. The van der Waals surface area contributed by atoms with Gasteiger partial charge < -0.3 is 0 Å². The van der Waals surface area contributed by atoms with Crippen LogP contribution >= 0.6 is 11.6 Å². The van der Waals surface area contributed by atoms with Gasteiger partial charge in [0.25, 0.3) is 0 Å². The lowest BCUT2D eigenvalue weighted by Crippen LogP contribution is -1.99. The summed E-state index contributed by atoms with van der Waals surface area (Å²) in [4.78, 5) is 4.21. The SMILES string of the molecule is CC(C)n1cc(C#Cc2cc(Cl)ncc2-c2cnn(C3CC3)c2)cn1. The van der Waals surface area contributed by atoms with Gasteiger partial charge in [0, 0.05) is 41.3 Å². The first kappa shape index (κ1) is 15.9. The maximum atomic E-state index is 6.08.